The van der Waals surface area contributed by atoms with Gasteiger partial charge in [0.05, 0.1) is 24.5 Å². The Bertz CT molecular complexity index is 1230. The van der Waals surface area contributed by atoms with E-state index in [1.54, 1.807) is 6.92 Å². The Labute approximate surface area is 224 Å². The van der Waals surface area contributed by atoms with Crippen molar-refractivity contribution in [1.82, 2.24) is 14.8 Å². The van der Waals surface area contributed by atoms with Crippen molar-refractivity contribution in [2.75, 3.05) is 24.3 Å². The van der Waals surface area contributed by atoms with Gasteiger partial charge in [0.25, 0.3) is 0 Å². The molecule has 1 aromatic carbocycles. The van der Waals surface area contributed by atoms with Gasteiger partial charge in [-0.25, -0.2) is 4.79 Å². The lowest BCUT2D eigenvalue weighted by molar-refractivity contribution is -0.113. The van der Waals surface area contributed by atoms with Crippen LogP contribution in [0.3, 0.4) is 0 Å². The van der Waals surface area contributed by atoms with E-state index in [1.807, 2.05) is 50.5 Å². The number of nitrogens with zero attached hydrogens (tertiary/aromatic N) is 3. The predicted octanol–water partition coefficient (Wildman–Crippen LogP) is 5.86. The molecule has 3 rings (SSSR count). The van der Waals surface area contributed by atoms with Gasteiger partial charge in [-0.1, -0.05) is 23.4 Å². The molecule has 0 fully saturated rings. The predicted molar refractivity (Wildman–Crippen MR) is 145 cm³/mol. The van der Waals surface area contributed by atoms with Crippen LogP contribution in [0.25, 0.3) is 0 Å². The Hall–Kier alpha value is -2.56. The van der Waals surface area contributed by atoms with Crippen LogP contribution in [-0.4, -0.2) is 45.6 Å². The quantitative estimate of drug-likeness (QED) is 0.171. The van der Waals surface area contributed by atoms with Gasteiger partial charge >= 0.3 is 5.97 Å². The number of hydrogen-bond acceptors (Lipinski definition) is 8. The lowest BCUT2D eigenvalue weighted by atomic mass is 10.1. The number of amides is 1. The molecule has 0 spiro atoms. The number of halogens is 1. The zero-order chi connectivity index (χ0) is 26.2. The van der Waals surface area contributed by atoms with Gasteiger partial charge < -0.3 is 19.4 Å². The Morgan fingerprint density at radius 1 is 1.19 bits per heavy atom. The van der Waals surface area contributed by atoms with Crippen LogP contribution in [0.4, 0.5) is 5.00 Å². The van der Waals surface area contributed by atoms with Crippen molar-refractivity contribution in [2.45, 2.75) is 59.2 Å². The van der Waals surface area contributed by atoms with Crippen molar-refractivity contribution in [3.05, 3.63) is 50.6 Å². The molecule has 0 unspecified atom stereocenters. The van der Waals surface area contributed by atoms with Crippen molar-refractivity contribution in [3.8, 4) is 5.75 Å². The van der Waals surface area contributed by atoms with E-state index in [9.17, 15) is 9.59 Å². The van der Waals surface area contributed by atoms with Crippen LogP contribution in [0.5, 0.6) is 5.75 Å². The molecule has 0 aliphatic carbocycles. The van der Waals surface area contributed by atoms with Gasteiger partial charge in [0, 0.05) is 22.9 Å². The van der Waals surface area contributed by atoms with Crippen LogP contribution in [0.2, 0.25) is 5.02 Å². The fourth-order valence-corrected chi connectivity index (χ4v) is 5.69. The Balaban J connectivity index is 1.54. The highest BCUT2D eigenvalue weighted by Crippen LogP contribution is 2.33. The molecule has 36 heavy (non-hydrogen) atoms. The van der Waals surface area contributed by atoms with E-state index in [0.29, 0.717) is 40.3 Å². The molecule has 2 aromatic heterocycles. The summed E-state index contributed by atoms with van der Waals surface area (Å²) in [6.45, 7) is 11.0. The standard InChI is InChI=1S/C25H31ClN4O4S2/c1-6-30-20(9-8-12-34-19-11-10-18(26)13-15(19)3)28-29-25(30)35-14-21(31)27-23-22(24(32)33-7-2)16(4)17(5)36-23/h10-11,13H,6-9,12,14H2,1-5H3,(H,27,31). The van der Waals surface area contributed by atoms with Crippen LogP contribution in [0, 0.1) is 20.8 Å². The Kier molecular flexibility index (Phi) is 10.2. The summed E-state index contributed by atoms with van der Waals surface area (Å²) in [7, 11) is 0. The first-order valence-corrected chi connectivity index (χ1v) is 13.9. The molecule has 0 aliphatic rings. The molecular weight excluding hydrogens is 520 g/mol. The molecule has 194 valence electrons. The number of anilines is 1. The Morgan fingerprint density at radius 3 is 2.67 bits per heavy atom. The molecule has 0 saturated carbocycles. The fraction of sp³-hybridized carbons (Fsp3) is 0.440. The number of thiophene rings is 1. The second kappa shape index (κ2) is 13.1. The van der Waals surface area contributed by atoms with Gasteiger partial charge in [-0.2, -0.15) is 0 Å². The highest BCUT2D eigenvalue weighted by Gasteiger charge is 2.22. The van der Waals surface area contributed by atoms with Gasteiger partial charge in [-0.05, 0) is 70.4 Å². The smallest absolute Gasteiger partial charge is 0.341 e. The highest BCUT2D eigenvalue weighted by molar-refractivity contribution is 7.99. The monoisotopic (exact) mass is 550 g/mol. The highest BCUT2D eigenvalue weighted by atomic mass is 35.5. The molecule has 2 heterocycles. The first kappa shape index (κ1) is 28.0. The molecule has 1 amide bonds. The summed E-state index contributed by atoms with van der Waals surface area (Å²) in [6.07, 6.45) is 1.48. The third-order valence-corrected chi connectivity index (χ3v) is 7.82. The summed E-state index contributed by atoms with van der Waals surface area (Å²) < 4.78 is 13.0. The summed E-state index contributed by atoms with van der Waals surface area (Å²) in [5.74, 6) is 1.18. The van der Waals surface area contributed by atoms with E-state index in [4.69, 9.17) is 21.1 Å². The molecule has 0 atom stereocenters. The summed E-state index contributed by atoms with van der Waals surface area (Å²) in [5, 5.41) is 13.4. The fourth-order valence-electron chi connectivity index (χ4n) is 3.57. The van der Waals surface area contributed by atoms with Crippen LogP contribution in [-0.2, 0) is 22.5 Å². The van der Waals surface area contributed by atoms with Gasteiger partial charge in [-0.15, -0.1) is 21.5 Å². The first-order chi connectivity index (χ1) is 17.2. The first-order valence-electron chi connectivity index (χ1n) is 11.8. The van der Waals surface area contributed by atoms with Gasteiger partial charge in [0.1, 0.15) is 16.6 Å². The van der Waals surface area contributed by atoms with Gasteiger partial charge in [0.15, 0.2) is 5.16 Å². The van der Waals surface area contributed by atoms with Crippen LogP contribution in [0.1, 0.15) is 52.5 Å². The number of benzene rings is 1. The number of rotatable bonds is 12. The summed E-state index contributed by atoms with van der Waals surface area (Å²) in [4.78, 5) is 26.0. The topological polar surface area (TPSA) is 95.3 Å². The van der Waals surface area contributed by atoms with E-state index in [0.717, 1.165) is 34.0 Å². The molecular formula is C25H31ClN4O4S2. The summed E-state index contributed by atoms with van der Waals surface area (Å²) in [5.41, 5.74) is 2.25. The average Bonchev–Trinajstić information content (AvgIpc) is 3.35. The summed E-state index contributed by atoms with van der Waals surface area (Å²) in [6, 6.07) is 5.57. The van der Waals surface area contributed by atoms with Crippen molar-refractivity contribution in [3.63, 3.8) is 0 Å². The molecule has 0 aliphatic heterocycles. The molecule has 0 saturated heterocycles. The van der Waals surface area contributed by atoms with Crippen molar-refractivity contribution >= 4 is 51.6 Å². The molecule has 8 nitrogen and oxygen atoms in total. The molecule has 1 N–H and O–H groups in total. The van der Waals surface area contributed by atoms with Crippen molar-refractivity contribution in [2.24, 2.45) is 0 Å². The number of nitrogens with one attached hydrogen (secondary N) is 1. The van der Waals surface area contributed by atoms with Crippen LogP contribution < -0.4 is 10.1 Å². The minimum Gasteiger partial charge on any atom is -0.493 e. The minimum absolute atomic E-state index is 0.148. The van der Waals surface area contributed by atoms with Crippen molar-refractivity contribution in [1.29, 1.82) is 0 Å². The zero-order valence-electron chi connectivity index (χ0n) is 21.1. The summed E-state index contributed by atoms with van der Waals surface area (Å²) >= 11 is 8.69. The second-order valence-corrected chi connectivity index (χ2v) is 10.7. The van der Waals surface area contributed by atoms with Crippen LogP contribution >= 0.6 is 34.7 Å². The number of hydrogen-bond donors (Lipinski definition) is 1. The second-order valence-electron chi connectivity index (χ2n) is 8.05. The number of carbonyl (C=O) groups excluding carboxylic acids is 2. The average molecular weight is 551 g/mol. The largest absolute Gasteiger partial charge is 0.493 e. The van der Waals surface area contributed by atoms with Crippen LogP contribution in [0.15, 0.2) is 23.4 Å². The maximum atomic E-state index is 12.7. The van der Waals surface area contributed by atoms with E-state index < -0.39 is 5.97 Å². The lowest BCUT2D eigenvalue weighted by Crippen LogP contribution is -2.17. The Morgan fingerprint density at radius 2 is 1.97 bits per heavy atom. The number of thioether (sulfide) groups is 1. The van der Waals surface area contributed by atoms with E-state index in [2.05, 4.69) is 15.5 Å². The van der Waals surface area contributed by atoms with Gasteiger partial charge in [-0.3, -0.25) is 4.79 Å². The molecule has 3 aromatic rings. The van der Waals surface area contributed by atoms with E-state index >= 15 is 0 Å². The number of carbonyl (C=O) groups is 2. The molecule has 0 radical (unpaired) electrons. The SMILES string of the molecule is CCOC(=O)c1c(NC(=O)CSc2nnc(CCCOc3ccc(Cl)cc3C)n2CC)sc(C)c1C. The third-order valence-electron chi connectivity index (χ3n) is 5.50. The van der Waals surface area contributed by atoms with E-state index in [1.165, 1.54) is 23.1 Å². The lowest BCUT2D eigenvalue weighted by Gasteiger charge is -2.10. The molecule has 11 heteroatoms. The van der Waals surface area contributed by atoms with Gasteiger partial charge in [0.2, 0.25) is 5.91 Å². The minimum atomic E-state index is -0.423. The van der Waals surface area contributed by atoms with Crippen molar-refractivity contribution < 1.29 is 19.1 Å². The maximum absolute atomic E-state index is 12.7. The third kappa shape index (κ3) is 7.02. The molecule has 0 bridgehead atoms. The normalized spacial score (nSPS) is 10.9. The van der Waals surface area contributed by atoms with E-state index in [-0.39, 0.29) is 18.3 Å². The maximum Gasteiger partial charge on any atom is 0.341 e. The zero-order valence-corrected chi connectivity index (χ0v) is 23.5. The number of esters is 1. The number of ether oxygens (including phenoxy) is 2. The number of aromatic nitrogens is 3. The number of aryl methyl sites for hydroxylation is 3.